The second-order valence-electron chi connectivity index (χ2n) is 6.18. The number of halogens is 2. The van der Waals surface area contributed by atoms with Gasteiger partial charge < -0.3 is 10.1 Å². The van der Waals surface area contributed by atoms with E-state index >= 15 is 0 Å². The summed E-state index contributed by atoms with van der Waals surface area (Å²) in [5.41, 5.74) is 2.12. The number of rotatable bonds is 5. The van der Waals surface area contributed by atoms with Crippen LogP contribution < -0.4 is 5.32 Å². The molecule has 1 amide bonds. The van der Waals surface area contributed by atoms with Crippen LogP contribution in [0.1, 0.15) is 28.5 Å². The third-order valence-corrected chi connectivity index (χ3v) is 4.31. The van der Waals surface area contributed by atoms with E-state index < -0.39 is 30.1 Å². The van der Waals surface area contributed by atoms with Crippen LogP contribution in [0.15, 0.2) is 42.5 Å². The first-order valence-corrected chi connectivity index (χ1v) is 8.71. The van der Waals surface area contributed by atoms with Gasteiger partial charge in [-0.1, -0.05) is 25.1 Å². The predicted molar refractivity (Wildman–Crippen MR) is 101 cm³/mol. The Labute approximate surface area is 160 Å². The highest BCUT2D eigenvalue weighted by Crippen LogP contribution is 2.24. The SMILES string of the molecule is CCc1nc2ccccc2c(C(=O)OCC(=O)Nc2cc(F)ccc2F)c1C. The molecule has 0 spiro atoms. The number of anilines is 1. The molecule has 28 heavy (non-hydrogen) atoms. The molecule has 0 radical (unpaired) electrons. The number of hydrogen-bond acceptors (Lipinski definition) is 4. The highest BCUT2D eigenvalue weighted by Gasteiger charge is 2.20. The number of amides is 1. The van der Waals surface area contributed by atoms with Crippen LogP contribution in [-0.4, -0.2) is 23.5 Å². The number of para-hydroxylation sites is 1. The van der Waals surface area contributed by atoms with Crippen LogP contribution in [-0.2, 0) is 16.0 Å². The second kappa shape index (κ2) is 8.12. The molecule has 0 saturated carbocycles. The summed E-state index contributed by atoms with van der Waals surface area (Å²) in [4.78, 5) is 29.2. The molecular weight excluding hydrogens is 366 g/mol. The second-order valence-corrected chi connectivity index (χ2v) is 6.18. The van der Waals surface area contributed by atoms with Crippen LogP contribution in [0.5, 0.6) is 0 Å². The Hall–Kier alpha value is -3.35. The first-order chi connectivity index (χ1) is 13.4. The molecule has 3 aromatic rings. The Kier molecular flexibility index (Phi) is 5.63. The van der Waals surface area contributed by atoms with Gasteiger partial charge in [-0.15, -0.1) is 0 Å². The van der Waals surface area contributed by atoms with Gasteiger partial charge in [-0.25, -0.2) is 13.6 Å². The third kappa shape index (κ3) is 3.98. The summed E-state index contributed by atoms with van der Waals surface area (Å²) in [6.45, 7) is 3.07. The number of nitrogens with one attached hydrogen (secondary N) is 1. The maximum Gasteiger partial charge on any atom is 0.339 e. The van der Waals surface area contributed by atoms with Crippen molar-refractivity contribution in [2.24, 2.45) is 0 Å². The number of pyridine rings is 1. The van der Waals surface area contributed by atoms with E-state index in [1.165, 1.54) is 0 Å². The molecule has 0 aliphatic carbocycles. The molecule has 1 aromatic heterocycles. The van der Waals surface area contributed by atoms with Gasteiger partial charge in [-0.3, -0.25) is 9.78 Å². The van der Waals surface area contributed by atoms with Gasteiger partial charge in [-0.2, -0.15) is 0 Å². The molecule has 0 fully saturated rings. The van der Waals surface area contributed by atoms with Gasteiger partial charge in [-0.05, 0) is 37.1 Å². The summed E-state index contributed by atoms with van der Waals surface area (Å²) in [5, 5.41) is 2.81. The highest BCUT2D eigenvalue weighted by atomic mass is 19.1. The zero-order valence-corrected chi connectivity index (χ0v) is 15.4. The standard InChI is InChI=1S/C21H18F2N2O3/c1-3-16-12(2)20(14-6-4-5-7-17(14)24-16)21(27)28-11-19(26)25-18-10-13(22)8-9-15(18)23/h4-10H,3,11H2,1-2H3,(H,25,26). The molecule has 1 N–H and O–H groups in total. The number of aromatic nitrogens is 1. The summed E-state index contributed by atoms with van der Waals surface area (Å²) in [6, 6.07) is 9.84. The van der Waals surface area contributed by atoms with Crippen molar-refractivity contribution >= 4 is 28.5 Å². The number of fused-ring (bicyclic) bond motifs is 1. The number of hydrogen-bond donors (Lipinski definition) is 1. The predicted octanol–water partition coefficient (Wildman–Crippen LogP) is 4.18. The maximum atomic E-state index is 13.6. The molecule has 0 atom stereocenters. The van der Waals surface area contributed by atoms with Crippen LogP contribution in [0.4, 0.5) is 14.5 Å². The quantitative estimate of drug-likeness (QED) is 0.670. The van der Waals surface area contributed by atoms with E-state index in [0.29, 0.717) is 28.5 Å². The van der Waals surface area contributed by atoms with Crippen LogP contribution >= 0.6 is 0 Å². The molecule has 0 aliphatic heterocycles. The van der Waals surface area contributed by atoms with E-state index in [2.05, 4.69) is 10.3 Å². The lowest BCUT2D eigenvalue weighted by Crippen LogP contribution is -2.22. The first-order valence-electron chi connectivity index (χ1n) is 8.71. The van der Waals surface area contributed by atoms with Gasteiger partial charge >= 0.3 is 5.97 Å². The number of aryl methyl sites for hydroxylation is 1. The van der Waals surface area contributed by atoms with Crippen LogP contribution in [0.2, 0.25) is 0 Å². The molecule has 0 bridgehead atoms. The van der Waals surface area contributed by atoms with Crippen molar-refractivity contribution in [2.45, 2.75) is 20.3 Å². The average Bonchev–Trinajstić information content (AvgIpc) is 2.68. The minimum Gasteiger partial charge on any atom is -0.452 e. The Bertz CT molecular complexity index is 1070. The third-order valence-electron chi connectivity index (χ3n) is 4.31. The number of nitrogens with zero attached hydrogens (tertiary/aromatic N) is 1. The Morgan fingerprint density at radius 2 is 1.89 bits per heavy atom. The van der Waals surface area contributed by atoms with Crippen LogP contribution in [0, 0.1) is 18.6 Å². The average molecular weight is 384 g/mol. The molecule has 7 heteroatoms. The highest BCUT2D eigenvalue weighted by molar-refractivity contribution is 6.05. The van der Waals surface area contributed by atoms with Gasteiger partial charge in [0, 0.05) is 17.1 Å². The Balaban J connectivity index is 1.79. The molecule has 2 aromatic carbocycles. The maximum absolute atomic E-state index is 13.6. The monoisotopic (exact) mass is 384 g/mol. The lowest BCUT2D eigenvalue weighted by Gasteiger charge is -2.13. The lowest BCUT2D eigenvalue weighted by atomic mass is 10.0. The van der Waals surface area contributed by atoms with Gasteiger partial charge in [0.2, 0.25) is 0 Å². The summed E-state index contributed by atoms with van der Waals surface area (Å²) in [7, 11) is 0. The van der Waals surface area contributed by atoms with E-state index in [1.807, 2.05) is 13.0 Å². The molecular formula is C21H18F2N2O3. The Morgan fingerprint density at radius 1 is 1.14 bits per heavy atom. The number of carbonyl (C=O) groups is 2. The fourth-order valence-corrected chi connectivity index (χ4v) is 2.95. The molecule has 1 heterocycles. The molecule has 144 valence electrons. The minimum absolute atomic E-state index is 0.320. The lowest BCUT2D eigenvalue weighted by molar-refractivity contribution is -0.119. The molecule has 3 rings (SSSR count). The van der Waals surface area contributed by atoms with Gasteiger partial charge in [0.25, 0.3) is 5.91 Å². The van der Waals surface area contributed by atoms with Gasteiger partial charge in [0.1, 0.15) is 11.6 Å². The number of ether oxygens (including phenoxy) is 1. The van der Waals surface area contributed by atoms with E-state index in [0.717, 1.165) is 23.9 Å². The van der Waals surface area contributed by atoms with Crippen LogP contribution in [0.25, 0.3) is 10.9 Å². The zero-order chi connectivity index (χ0) is 20.3. The van der Waals surface area contributed by atoms with Crippen molar-refractivity contribution in [3.63, 3.8) is 0 Å². The molecule has 5 nitrogen and oxygen atoms in total. The molecule has 0 unspecified atom stereocenters. The Morgan fingerprint density at radius 3 is 2.64 bits per heavy atom. The van der Waals surface area contributed by atoms with E-state index in [4.69, 9.17) is 4.74 Å². The summed E-state index contributed by atoms with van der Waals surface area (Å²) in [5.74, 6) is -2.94. The minimum atomic E-state index is -0.787. The van der Waals surface area contributed by atoms with Crippen molar-refractivity contribution in [3.8, 4) is 0 Å². The van der Waals surface area contributed by atoms with Crippen molar-refractivity contribution in [2.75, 3.05) is 11.9 Å². The largest absolute Gasteiger partial charge is 0.452 e. The molecule has 0 saturated heterocycles. The van der Waals surface area contributed by atoms with Crippen molar-refractivity contribution in [1.29, 1.82) is 0 Å². The molecule has 0 aliphatic rings. The number of carbonyl (C=O) groups excluding carboxylic acids is 2. The van der Waals surface area contributed by atoms with E-state index in [1.54, 1.807) is 25.1 Å². The van der Waals surface area contributed by atoms with Gasteiger partial charge in [0.15, 0.2) is 6.61 Å². The van der Waals surface area contributed by atoms with Gasteiger partial charge in [0.05, 0.1) is 16.8 Å². The summed E-state index contributed by atoms with van der Waals surface area (Å²) < 4.78 is 31.9. The van der Waals surface area contributed by atoms with E-state index in [-0.39, 0.29) is 5.69 Å². The normalized spacial score (nSPS) is 10.7. The summed E-state index contributed by atoms with van der Waals surface area (Å²) >= 11 is 0. The fourth-order valence-electron chi connectivity index (χ4n) is 2.95. The van der Waals surface area contributed by atoms with Crippen molar-refractivity contribution < 1.29 is 23.1 Å². The van der Waals surface area contributed by atoms with E-state index in [9.17, 15) is 18.4 Å². The topological polar surface area (TPSA) is 68.3 Å². The smallest absolute Gasteiger partial charge is 0.339 e. The fraction of sp³-hybridized carbons (Fsp3) is 0.190. The zero-order valence-electron chi connectivity index (χ0n) is 15.4. The first kappa shape index (κ1) is 19.4. The van der Waals surface area contributed by atoms with Crippen molar-refractivity contribution in [3.05, 3.63) is 70.9 Å². The summed E-state index contributed by atoms with van der Waals surface area (Å²) in [6.07, 6.45) is 0.635. The van der Waals surface area contributed by atoms with Crippen LogP contribution in [0.3, 0.4) is 0 Å². The number of benzene rings is 2. The van der Waals surface area contributed by atoms with Crippen molar-refractivity contribution in [1.82, 2.24) is 4.98 Å². The number of esters is 1.